The number of carboxylic acid groups (broad SMARTS) is 1. The van der Waals surface area contributed by atoms with Gasteiger partial charge in [0.1, 0.15) is 0 Å². The minimum atomic E-state index is -0.673. The molecule has 0 bridgehead atoms. The lowest BCUT2D eigenvalue weighted by atomic mass is 9.98. The van der Waals surface area contributed by atoms with Crippen LogP contribution in [-0.2, 0) is 4.79 Å². The molecule has 1 aliphatic carbocycles. The molecule has 1 aromatic carbocycles. The van der Waals surface area contributed by atoms with Crippen molar-refractivity contribution in [3.63, 3.8) is 0 Å². The Balaban J connectivity index is 2.23. The van der Waals surface area contributed by atoms with E-state index in [4.69, 9.17) is 5.11 Å². The first kappa shape index (κ1) is 12.2. The lowest BCUT2D eigenvalue weighted by Crippen LogP contribution is -2.03. The Labute approximate surface area is 103 Å². The predicted octanol–water partition coefficient (Wildman–Crippen LogP) is 3.63. The fourth-order valence-corrected chi connectivity index (χ4v) is 2.81. The van der Waals surface area contributed by atoms with E-state index in [1.54, 1.807) is 0 Å². The number of rotatable bonds is 3. The van der Waals surface area contributed by atoms with Crippen molar-refractivity contribution >= 4 is 5.97 Å². The predicted molar refractivity (Wildman–Crippen MR) is 68.2 cm³/mol. The van der Waals surface area contributed by atoms with Gasteiger partial charge in [-0.2, -0.15) is 0 Å². The molecule has 1 aliphatic rings. The average Bonchev–Trinajstić information content (AvgIpc) is 2.82. The van der Waals surface area contributed by atoms with Crippen LogP contribution in [0.25, 0.3) is 0 Å². The molecule has 0 radical (unpaired) electrons. The Morgan fingerprint density at radius 2 is 1.76 bits per heavy atom. The largest absolute Gasteiger partial charge is 0.481 e. The maximum Gasteiger partial charge on any atom is 0.307 e. The molecule has 92 valence electrons. The Bertz CT molecular complexity index is 429. The van der Waals surface area contributed by atoms with E-state index >= 15 is 0 Å². The smallest absolute Gasteiger partial charge is 0.307 e. The first-order chi connectivity index (χ1) is 7.85. The number of benzene rings is 1. The summed E-state index contributed by atoms with van der Waals surface area (Å²) < 4.78 is 0. The van der Waals surface area contributed by atoms with Gasteiger partial charge >= 0.3 is 5.97 Å². The van der Waals surface area contributed by atoms with Crippen LogP contribution in [0.4, 0.5) is 0 Å². The minimum absolute atomic E-state index is 0.106. The Kier molecular flexibility index (Phi) is 2.76. The first-order valence-electron chi connectivity index (χ1n) is 6.18. The van der Waals surface area contributed by atoms with Crippen LogP contribution in [0.3, 0.4) is 0 Å². The van der Waals surface area contributed by atoms with Crippen LogP contribution in [-0.4, -0.2) is 11.1 Å². The monoisotopic (exact) mass is 232 g/mol. The van der Waals surface area contributed by atoms with Crippen molar-refractivity contribution in [3.05, 3.63) is 35.4 Å². The van der Waals surface area contributed by atoms with Crippen molar-refractivity contribution in [2.24, 2.45) is 11.3 Å². The van der Waals surface area contributed by atoms with Crippen molar-refractivity contribution in [2.45, 2.75) is 39.5 Å². The lowest BCUT2D eigenvalue weighted by molar-refractivity contribution is -0.139. The van der Waals surface area contributed by atoms with Gasteiger partial charge in [0.25, 0.3) is 0 Å². The molecular formula is C15H20O2. The van der Waals surface area contributed by atoms with Crippen molar-refractivity contribution in [3.8, 4) is 0 Å². The molecule has 0 amide bonds. The third-order valence-corrected chi connectivity index (χ3v) is 4.06. The molecular weight excluding hydrogens is 212 g/mol. The molecule has 1 saturated carbocycles. The average molecular weight is 232 g/mol. The lowest BCUT2D eigenvalue weighted by Gasteiger charge is -2.07. The van der Waals surface area contributed by atoms with Gasteiger partial charge in [0.05, 0.1) is 5.92 Å². The Morgan fingerprint density at radius 1 is 1.24 bits per heavy atom. The molecule has 0 aliphatic heterocycles. The van der Waals surface area contributed by atoms with Crippen LogP contribution in [0.1, 0.15) is 50.7 Å². The zero-order valence-corrected chi connectivity index (χ0v) is 10.9. The molecule has 17 heavy (non-hydrogen) atoms. The topological polar surface area (TPSA) is 37.3 Å². The SMILES string of the molecule is CC(C)c1ccc([C@H]2[C@H](C(=O)O)C2(C)C)cc1. The van der Waals surface area contributed by atoms with E-state index in [-0.39, 0.29) is 17.3 Å². The summed E-state index contributed by atoms with van der Waals surface area (Å²) in [6.45, 7) is 8.39. The Morgan fingerprint density at radius 3 is 2.12 bits per heavy atom. The highest BCUT2D eigenvalue weighted by molar-refractivity contribution is 5.77. The summed E-state index contributed by atoms with van der Waals surface area (Å²) in [5.41, 5.74) is 2.36. The molecule has 1 N–H and O–H groups in total. The van der Waals surface area contributed by atoms with Gasteiger partial charge in [-0.05, 0) is 22.5 Å². The van der Waals surface area contributed by atoms with Gasteiger partial charge in [-0.25, -0.2) is 0 Å². The molecule has 2 rings (SSSR count). The zero-order chi connectivity index (χ0) is 12.8. The van der Waals surface area contributed by atoms with Gasteiger partial charge in [0.2, 0.25) is 0 Å². The molecule has 0 spiro atoms. The molecule has 1 fully saturated rings. The van der Waals surface area contributed by atoms with Crippen LogP contribution >= 0.6 is 0 Å². The van der Waals surface area contributed by atoms with Gasteiger partial charge < -0.3 is 5.11 Å². The fraction of sp³-hybridized carbons (Fsp3) is 0.533. The highest BCUT2D eigenvalue weighted by Crippen LogP contribution is 2.64. The second-order valence-corrected chi connectivity index (χ2v) is 5.94. The molecule has 2 heteroatoms. The zero-order valence-electron chi connectivity index (χ0n) is 10.9. The van der Waals surface area contributed by atoms with Crippen molar-refractivity contribution in [1.82, 2.24) is 0 Å². The summed E-state index contributed by atoms with van der Waals surface area (Å²) in [5.74, 6) is -0.215. The summed E-state index contributed by atoms with van der Waals surface area (Å²) in [6, 6.07) is 8.41. The highest BCUT2D eigenvalue weighted by atomic mass is 16.4. The van der Waals surface area contributed by atoms with E-state index in [1.807, 2.05) is 13.8 Å². The number of aliphatic carboxylic acids is 1. The van der Waals surface area contributed by atoms with Gasteiger partial charge in [-0.15, -0.1) is 0 Å². The van der Waals surface area contributed by atoms with Gasteiger partial charge in [0, 0.05) is 5.92 Å². The van der Waals surface area contributed by atoms with Gasteiger partial charge in [-0.1, -0.05) is 52.0 Å². The van der Waals surface area contributed by atoms with Crippen LogP contribution in [0.15, 0.2) is 24.3 Å². The molecule has 0 aromatic heterocycles. The summed E-state index contributed by atoms with van der Waals surface area (Å²) in [4.78, 5) is 11.1. The van der Waals surface area contributed by atoms with Crippen molar-refractivity contribution < 1.29 is 9.90 Å². The van der Waals surface area contributed by atoms with Crippen molar-refractivity contribution in [1.29, 1.82) is 0 Å². The van der Waals surface area contributed by atoms with E-state index in [9.17, 15) is 4.79 Å². The van der Waals surface area contributed by atoms with Gasteiger partial charge in [-0.3, -0.25) is 4.79 Å². The standard InChI is InChI=1S/C15H20O2/c1-9(2)10-5-7-11(8-6-10)12-13(14(16)17)15(12,3)4/h5-9,12-13H,1-4H3,(H,16,17)/t12-,13+/m0/s1. The second-order valence-electron chi connectivity index (χ2n) is 5.94. The number of carbonyl (C=O) groups is 1. The summed E-state index contributed by atoms with van der Waals surface area (Å²) in [6.07, 6.45) is 0. The number of hydrogen-bond acceptors (Lipinski definition) is 1. The summed E-state index contributed by atoms with van der Waals surface area (Å²) in [5, 5.41) is 9.16. The quantitative estimate of drug-likeness (QED) is 0.864. The Hall–Kier alpha value is -1.31. The van der Waals surface area contributed by atoms with E-state index in [0.29, 0.717) is 5.92 Å². The van der Waals surface area contributed by atoms with Crippen LogP contribution < -0.4 is 0 Å². The van der Waals surface area contributed by atoms with E-state index < -0.39 is 5.97 Å². The molecule has 0 saturated heterocycles. The third-order valence-electron chi connectivity index (χ3n) is 4.06. The summed E-state index contributed by atoms with van der Waals surface area (Å²) >= 11 is 0. The third kappa shape index (κ3) is 1.97. The summed E-state index contributed by atoms with van der Waals surface area (Å²) in [7, 11) is 0. The highest BCUT2D eigenvalue weighted by Gasteiger charge is 2.62. The van der Waals surface area contributed by atoms with Crippen molar-refractivity contribution in [2.75, 3.05) is 0 Å². The van der Waals surface area contributed by atoms with E-state index in [0.717, 1.165) is 5.56 Å². The first-order valence-corrected chi connectivity index (χ1v) is 6.18. The maximum atomic E-state index is 11.1. The molecule has 0 heterocycles. The molecule has 0 unspecified atom stereocenters. The second kappa shape index (κ2) is 3.86. The minimum Gasteiger partial charge on any atom is -0.481 e. The van der Waals surface area contributed by atoms with E-state index in [1.165, 1.54) is 5.56 Å². The van der Waals surface area contributed by atoms with Gasteiger partial charge in [0.15, 0.2) is 0 Å². The maximum absolute atomic E-state index is 11.1. The van der Waals surface area contributed by atoms with E-state index in [2.05, 4.69) is 38.1 Å². The molecule has 2 atom stereocenters. The van der Waals surface area contributed by atoms with Crippen LogP contribution in [0.2, 0.25) is 0 Å². The van der Waals surface area contributed by atoms with Crippen LogP contribution in [0.5, 0.6) is 0 Å². The molecule has 2 nitrogen and oxygen atoms in total. The molecule has 1 aromatic rings. The van der Waals surface area contributed by atoms with Crippen LogP contribution in [0, 0.1) is 11.3 Å². The number of hydrogen-bond donors (Lipinski definition) is 1. The fourth-order valence-electron chi connectivity index (χ4n) is 2.81. The number of carboxylic acids is 1. The normalized spacial score (nSPS) is 25.9.